The Morgan fingerprint density at radius 3 is 2.44 bits per heavy atom. The van der Waals surface area contributed by atoms with Gasteiger partial charge in [-0.3, -0.25) is 0 Å². The molecule has 1 fully saturated rings. The highest BCUT2D eigenvalue weighted by Gasteiger charge is 2.48. The summed E-state index contributed by atoms with van der Waals surface area (Å²) in [5, 5.41) is 10.1. The molecule has 0 saturated carbocycles. The van der Waals surface area contributed by atoms with Crippen LogP contribution in [0.3, 0.4) is 0 Å². The standard InChI is InChI=1S/C13H20O2Si/c1-16(2,3)13(14)12-11(15-12)9-10-7-5-4-6-8-10/h4-8,11-14H,9H2,1-3H3. The first kappa shape index (κ1) is 11.8. The summed E-state index contributed by atoms with van der Waals surface area (Å²) in [4.78, 5) is 0. The number of hydrogen-bond donors (Lipinski definition) is 1. The zero-order valence-corrected chi connectivity index (χ0v) is 11.2. The Morgan fingerprint density at radius 2 is 1.88 bits per heavy atom. The Bertz CT molecular complexity index is 345. The lowest BCUT2D eigenvalue weighted by Crippen LogP contribution is -2.42. The number of ether oxygens (including phenoxy) is 1. The van der Waals surface area contributed by atoms with Crippen LogP contribution >= 0.6 is 0 Å². The van der Waals surface area contributed by atoms with Crippen LogP contribution in [-0.2, 0) is 11.2 Å². The van der Waals surface area contributed by atoms with Crippen LogP contribution in [-0.4, -0.2) is 31.1 Å². The molecular formula is C13H20O2Si. The summed E-state index contributed by atoms with van der Waals surface area (Å²) in [5.74, 6) is 0. The van der Waals surface area contributed by atoms with Crippen molar-refractivity contribution in [3.05, 3.63) is 35.9 Å². The zero-order chi connectivity index (χ0) is 11.8. The molecule has 0 amide bonds. The van der Waals surface area contributed by atoms with Gasteiger partial charge >= 0.3 is 0 Å². The van der Waals surface area contributed by atoms with E-state index >= 15 is 0 Å². The molecule has 1 N–H and O–H groups in total. The van der Waals surface area contributed by atoms with Gasteiger partial charge < -0.3 is 9.84 Å². The van der Waals surface area contributed by atoms with E-state index in [0.29, 0.717) is 0 Å². The van der Waals surface area contributed by atoms with Crippen molar-refractivity contribution in [3.63, 3.8) is 0 Å². The van der Waals surface area contributed by atoms with E-state index in [1.165, 1.54) is 5.56 Å². The molecular weight excluding hydrogens is 216 g/mol. The smallest absolute Gasteiger partial charge is 0.107 e. The molecule has 88 valence electrons. The fraction of sp³-hybridized carbons (Fsp3) is 0.538. The van der Waals surface area contributed by atoms with Gasteiger partial charge in [0.1, 0.15) is 6.10 Å². The van der Waals surface area contributed by atoms with Crippen molar-refractivity contribution in [2.45, 2.75) is 44.0 Å². The molecule has 0 spiro atoms. The molecule has 1 aromatic carbocycles. The van der Waals surface area contributed by atoms with E-state index in [1.54, 1.807) is 0 Å². The van der Waals surface area contributed by atoms with E-state index in [2.05, 4.69) is 31.8 Å². The predicted octanol–water partition coefficient (Wildman–Crippen LogP) is 2.23. The highest BCUT2D eigenvalue weighted by atomic mass is 28.3. The molecule has 1 aliphatic rings. The van der Waals surface area contributed by atoms with Crippen LogP contribution in [0.5, 0.6) is 0 Å². The normalized spacial score (nSPS) is 26.5. The van der Waals surface area contributed by atoms with Crippen molar-refractivity contribution in [1.82, 2.24) is 0 Å². The van der Waals surface area contributed by atoms with Gasteiger partial charge in [-0.15, -0.1) is 0 Å². The summed E-state index contributed by atoms with van der Waals surface area (Å²) in [5.41, 5.74) is 1.05. The average molecular weight is 236 g/mol. The Kier molecular flexibility index (Phi) is 3.19. The van der Waals surface area contributed by atoms with Crippen LogP contribution in [0, 0.1) is 0 Å². The maximum Gasteiger partial charge on any atom is 0.107 e. The summed E-state index contributed by atoms with van der Waals surface area (Å²) in [7, 11) is -1.49. The lowest BCUT2D eigenvalue weighted by Gasteiger charge is -2.21. The second-order valence-corrected chi connectivity index (χ2v) is 11.0. The third-order valence-corrected chi connectivity index (χ3v) is 5.20. The van der Waals surface area contributed by atoms with Crippen LogP contribution < -0.4 is 0 Å². The van der Waals surface area contributed by atoms with Crippen LogP contribution in [0.25, 0.3) is 0 Å². The maximum atomic E-state index is 10.1. The predicted molar refractivity (Wildman–Crippen MR) is 68.2 cm³/mol. The molecule has 1 aliphatic heterocycles. The molecule has 2 nitrogen and oxygen atoms in total. The molecule has 1 saturated heterocycles. The van der Waals surface area contributed by atoms with Crippen molar-refractivity contribution in [1.29, 1.82) is 0 Å². The van der Waals surface area contributed by atoms with Gasteiger partial charge in [0.2, 0.25) is 0 Å². The second-order valence-electron chi connectivity index (χ2n) is 5.64. The Balaban J connectivity index is 1.89. The van der Waals surface area contributed by atoms with Crippen LogP contribution in [0.1, 0.15) is 5.56 Å². The summed E-state index contributed by atoms with van der Waals surface area (Å²) >= 11 is 0. The van der Waals surface area contributed by atoms with Gasteiger partial charge in [-0.05, 0) is 5.56 Å². The molecule has 3 atom stereocenters. The summed E-state index contributed by atoms with van der Waals surface area (Å²) in [6, 6.07) is 10.3. The highest BCUT2D eigenvalue weighted by Crippen LogP contribution is 2.32. The first-order valence-electron chi connectivity index (χ1n) is 5.86. The van der Waals surface area contributed by atoms with Crippen LogP contribution in [0.4, 0.5) is 0 Å². The minimum Gasteiger partial charge on any atom is -0.394 e. The molecule has 1 heterocycles. The lowest BCUT2D eigenvalue weighted by molar-refractivity contribution is 0.195. The van der Waals surface area contributed by atoms with Gasteiger partial charge in [0.15, 0.2) is 0 Å². The van der Waals surface area contributed by atoms with Crippen molar-refractivity contribution in [3.8, 4) is 0 Å². The topological polar surface area (TPSA) is 32.8 Å². The van der Waals surface area contributed by atoms with E-state index < -0.39 is 8.07 Å². The summed E-state index contributed by atoms with van der Waals surface area (Å²) in [6.45, 7) is 6.54. The molecule has 3 unspecified atom stereocenters. The zero-order valence-electron chi connectivity index (χ0n) is 10.2. The van der Waals surface area contributed by atoms with Gasteiger partial charge in [-0.25, -0.2) is 0 Å². The lowest BCUT2D eigenvalue weighted by atomic mass is 10.1. The quantitative estimate of drug-likeness (QED) is 0.642. The summed E-state index contributed by atoms with van der Waals surface area (Å²) in [6.07, 6.45) is 1.23. The van der Waals surface area contributed by atoms with E-state index in [1.807, 2.05) is 18.2 Å². The Hall–Kier alpha value is -0.643. The first-order valence-corrected chi connectivity index (χ1v) is 9.43. The minimum atomic E-state index is -1.49. The SMILES string of the molecule is C[Si](C)(C)C(O)C1OC1Cc1ccccc1. The molecule has 3 heteroatoms. The number of aliphatic hydroxyl groups is 1. The third kappa shape index (κ3) is 2.73. The van der Waals surface area contributed by atoms with Crippen molar-refractivity contribution < 1.29 is 9.84 Å². The molecule has 0 aliphatic carbocycles. The largest absolute Gasteiger partial charge is 0.394 e. The van der Waals surface area contributed by atoms with E-state index in [4.69, 9.17) is 4.74 Å². The number of epoxide rings is 1. The minimum absolute atomic E-state index is 0.0758. The molecule has 16 heavy (non-hydrogen) atoms. The number of rotatable bonds is 4. The van der Waals surface area contributed by atoms with Crippen molar-refractivity contribution in [2.24, 2.45) is 0 Å². The molecule has 0 radical (unpaired) electrons. The maximum absolute atomic E-state index is 10.1. The third-order valence-electron chi connectivity index (χ3n) is 3.10. The highest BCUT2D eigenvalue weighted by molar-refractivity contribution is 6.77. The molecule has 1 aromatic rings. The van der Waals surface area contributed by atoms with E-state index in [0.717, 1.165) is 6.42 Å². The first-order chi connectivity index (χ1) is 7.48. The molecule has 0 aromatic heterocycles. The second kappa shape index (κ2) is 4.32. The van der Waals surface area contributed by atoms with E-state index in [9.17, 15) is 5.11 Å². The molecule has 2 rings (SSSR count). The van der Waals surface area contributed by atoms with Crippen molar-refractivity contribution >= 4 is 8.07 Å². The Morgan fingerprint density at radius 1 is 1.25 bits per heavy atom. The number of benzene rings is 1. The fourth-order valence-corrected chi connectivity index (χ4v) is 3.22. The van der Waals surface area contributed by atoms with Crippen LogP contribution in [0.15, 0.2) is 30.3 Å². The van der Waals surface area contributed by atoms with Gasteiger partial charge in [0.25, 0.3) is 0 Å². The monoisotopic (exact) mass is 236 g/mol. The number of hydrogen-bond acceptors (Lipinski definition) is 2. The van der Waals surface area contributed by atoms with Gasteiger partial charge in [0.05, 0.1) is 19.9 Å². The number of aliphatic hydroxyl groups excluding tert-OH is 1. The van der Waals surface area contributed by atoms with Crippen LogP contribution in [0.2, 0.25) is 19.6 Å². The van der Waals surface area contributed by atoms with Gasteiger partial charge in [0, 0.05) is 6.42 Å². The fourth-order valence-electron chi connectivity index (χ4n) is 1.94. The van der Waals surface area contributed by atoms with Gasteiger partial charge in [-0.1, -0.05) is 50.0 Å². The Labute approximate surface area is 98.3 Å². The molecule has 0 bridgehead atoms. The van der Waals surface area contributed by atoms with Gasteiger partial charge in [-0.2, -0.15) is 0 Å². The van der Waals surface area contributed by atoms with E-state index in [-0.39, 0.29) is 17.9 Å². The average Bonchev–Trinajstić information content (AvgIpc) is 2.96. The summed E-state index contributed by atoms with van der Waals surface area (Å²) < 4.78 is 5.59. The van der Waals surface area contributed by atoms with Crippen molar-refractivity contribution in [2.75, 3.05) is 0 Å².